The lowest BCUT2D eigenvalue weighted by atomic mass is 10.0. The molecule has 4 rings (SSSR count). The van der Waals surface area contributed by atoms with Gasteiger partial charge in [0.2, 0.25) is 34.7 Å². The maximum absolute atomic E-state index is 10.8. The first-order valence-corrected chi connectivity index (χ1v) is 10.7. The van der Waals surface area contributed by atoms with Crippen molar-refractivity contribution in [2.24, 2.45) is 0 Å². The summed E-state index contributed by atoms with van der Waals surface area (Å²) >= 11 is 0. The van der Waals surface area contributed by atoms with Gasteiger partial charge >= 0.3 is 0 Å². The average molecular weight is 497 g/mol. The van der Waals surface area contributed by atoms with E-state index in [-0.39, 0.29) is 0 Å². The molecule has 0 heterocycles. The number of benzene rings is 1. The average Bonchev–Trinajstić information content (AvgIpc) is 2.90. The summed E-state index contributed by atoms with van der Waals surface area (Å²) in [5.74, 6) is -2.53. The number of para-hydroxylation sites is 1. The van der Waals surface area contributed by atoms with Crippen LogP contribution in [0, 0.1) is 0 Å². The first-order chi connectivity index (χ1) is 17.7. The summed E-state index contributed by atoms with van der Waals surface area (Å²) in [6, 6.07) is 8.71. The first-order valence-electron chi connectivity index (χ1n) is 10.7. The van der Waals surface area contributed by atoms with E-state index in [9.17, 15) is 28.8 Å². The molecule has 0 aromatic heterocycles. The summed E-state index contributed by atoms with van der Waals surface area (Å²) < 4.78 is 0. The van der Waals surface area contributed by atoms with Crippen molar-refractivity contribution >= 4 is 34.7 Å². The molecule has 0 unspecified atom stereocenters. The van der Waals surface area contributed by atoms with Crippen molar-refractivity contribution in [3.05, 3.63) is 140 Å². The Balaban J connectivity index is 0.000000249. The standard InChI is InChI=1S/3C8H6O2.C6H6O/c3*1-2-6-4-3-5-7(9)8(6)10;7-6-4-2-1-3-5-6/h3*2-5H,1H2;1-5,7H. The molecule has 37 heavy (non-hydrogen) atoms. The maximum atomic E-state index is 10.8. The lowest BCUT2D eigenvalue weighted by molar-refractivity contribution is -0.131. The molecule has 0 amide bonds. The van der Waals surface area contributed by atoms with Gasteiger partial charge in [0, 0.05) is 16.7 Å². The van der Waals surface area contributed by atoms with E-state index in [1.165, 1.54) is 36.5 Å². The molecule has 0 radical (unpaired) electrons. The van der Waals surface area contributed by atoms with Gasteiger partial charge in [-0.15, -0.1) is 0 Å². The van der Waals surface area contributed by atoms with Crippen molar-refractivity contribution in [2.45, 2.75) is 0 Å². The van der Waals surface area contributed by atoms with Crippen LogP contribution in [0.5, 0.6) is 5.75 Å². The van der Waals surface area contributed by atoms with Gasteiger partial charge in [0.25, 0.3) is 0 Å². The Morgan fingerprint density at radius 2 is 0.811 bits per heavy atom. The highest BCUT2D eigenvalue weighted by molar-refractivity contribution is 6.49. The maximum Gasteiger partial charge on any atom is 0.232 e. The number of hydrogen-bond donors (Lipinski definition) is 1. The van der Waals surface area contributed by atoms with Crippen LogP contribution in [0.25, 0.3) is 0 Å². The molecule has 0 saturated carbocycles. The smallest absolute Gasteiger partial charge is 0.232 e. The van der Waals surface area contributed by atoms with Gasteiger partial charge in [-0.2, -0.15) is 0 Å². The number of phenols is 1. The highest BCUT2D eigenvalue weighted by atomic mass is 16.3. The highest BCUT2D eigenvalue weighted by Crippen LogP contribution is 2.06. The van der Waals surface area contributed by atoms with Crippen LogP contribution < -0.4 is 0 Å². The summed E-state index contributed by atoms with van der Waals surface area (Å²) in [5.41, 5.74) is 1.10. The Hall–Kier alpha value is -5.30. The van der Waals surface area contributed by atoms with E-state index < -0.39 is 34.7 Å². The van der Waals surface area contributed by atoms with Gasteiger partial charge in [0.15, 0.2) is 0 Å². The number of carbonyl (C=O) groups excluding carboxylic acids is 6. The van der Waals surface area contributed by atoms with Crippen LogP contribution in [0.15, 0.2) is 140 Å². The molecular weight excluding hydrogens is 472 g/mol. The van der Waals surface area contributed by atoms with Gasteiger partial charge in [0.05, 0.1) is 0 Å². The van der Waals surface area contributed by atoms with Crippen molar-refractivity contribution in [1.29, 1.82) is 0 Å². The Labute approximate surface area is 214 Å². The molecule has 1 aromatic rings. The molecule has 0 fully saturated rings. The predicted octanol–water partition coefficient (Wildman–Crippen LogP) is 3.81. The third kappa shape index (κ3) is 9.84. The molecule has 0 saturated heterocycles. The molecule has 7 heteroatoms. The molecular formula is C30H24O7. The second kappa shape index (κ2) is 15.6. The second-order valence-electron chi connectivity index (χ2n) is 6.97. The number of carbonyl (C=O) groups is 6. The van der Waals surface area contributed by atoms with Crippen molar-refractivity contribution < 1.29 is 33.9 Å². The molecule has 1 N–H and O–H groups in total. The van der Waals surface area contributed by atoms with E-state index >= 15 is 0 Å². The van der Waals surface area contributed by atoms with Crippen LogP contribution in [-0.2, 0) is 28.8 Å². The van der Waals surface area contributed by atoms with Crippen LogP contribution in [0.1, 0.15) is 0 Å². The minimum atomic E-state index is -0.475. The number of ketones is 6. The number of allylic oxidation sites excluding steroid dienone is 15. The Kier molecular flexibility index (Phi) is 12.5. The molecule has 7 nitrogen and oxygen atoms in total. The van der Waals surface area contributed by atoms with Gasteiger partial charge in [0.1, 0.15) is 5.75 Å². The van der Waals surface area contributed by atoms with Gasteiger partial charge in [-0.3, -0.25) is 28.8 Å². The number of aromatic hydroxyl groups is 1. The van der Waals surface area contributed by atoms with Gasteiger partial charge in [-0.25, -0.2) is 0 Å². The highest BCUT2D eigenvalue weighted by Gasteiger charge is 2.16. The minimum absolute atomic E-state index is 0.322. The molecule has 186 valence electrons. The first kappa shape index (κ1) is 29.7. The molecule has 0 spiro atoms. The SMILES string of the molecule is C=CC1=CC=CC(=O)C1=O.C=CC1=CC=CC(=O)C1=O.C=CC1=CC=CC(=O)C1=O.Oc1ccccc1. The van der Waals surface area contributed by atoms with Crippen LogP contribution in [0.4, 0.5) is 0 Å². The van der Waals surface area contributed by atoms with Crippen molar-refractivity contribution in [1.82, 2.24) is 0 Å². The molecule has 0 aliphatic heterocycles. The quantitative estimate of drug-likeness (QED) is 0.499. The van der Waals surface area contributed by atoms with Gasteiger partial charge < -0.3 is 5.11 Å². The largest absolute Gasteiger partial charge is 0.508 e. The zero-order valence-electron chi connectivity index (χ0n) is 19.8. The zero-order valence-corrected chi connectivity index (χ0v) is 19.8. The molecule has 3 aliphatic carbocycles. The van der Waals surface area contributed by atoms with E-state index in [1.807, 2.05) is 6.07 Å². The molecule has 1 aromatic carbocycles. The van der Waals surface area contributed by atoms with Crippen molar-refractivity contribution in [2.75, 3.05) is 0 Å². The summed E-state index contributed by atoms with van der Waals surface area (Å²) in [6.45, 7) is 10.2. The summed E-state index contributed by atoms with van der Waals surface area (Å²) in [5, 5.41) is 8.63. The topological polar surface area (TPSA) is 123 Å². The van der Waals surface area contributed by atoms with Crippen LogP contribution in [0.3, 0.4) is 0 Å². The van der Waals surface area contributed by atoms with Gasteiger partial charge in [-0.05, 0) is 30.4 Å². The normalized spacial score (nSPS) is 15.4. The number of rotatable bonds is 3. The number of Topliss-reactive ketones (excluding diaryl/α,β-unsaturated/α-hetero) is 3. The molecule has 0 atom stereocenters. The zero-order chi connectivity index (χ0) is 27.8. The minimum Gasteiger partial charge on any atom is -0.508 e. The van der Waals surface area contributed by atoms with Crippen molar-refractivity contribution in [3.8, 4) is 5.75 Å². The monoisotopic (exact) mass is 496 g/mol. The van der Waals surface area contributed by atoms with E-state index in [4.69, 9.17) is 5.11 Å². The lowest BCUT2D eigenvalue weighted by Crippen LogP contribution is -2.14. The third-order valence-corrected chi connectivity index (χ3v) is 4.44. The van der Waals surface area contributed by atoms with E-state index in [0.29, 0.717) is 22.5 Å². The van der Waals surface area contributed by atoms with E-state index in [2.05, 4.69) is 19.7 Å². The summed E-state index contributed by atoms with van der Waals surface area (Å²) in [7, 11) is 0. The van der Waals surface area contributed by atoms with E-state index in [0.717, 1.165) is 0 Å². The third-order valence-electron chi connectivity index (χ3n) is 4.44. The fourth-order valence-corrected chi connectivity index (χ4v) is 2.51. The van der Waals surface area contributed by atoms with Crippen molar-refractivity contribution in [3.63, 3.8) is 0 Å². The fraction of sp³-hybridized carbons (Fsp3) is 0. The van der Waals surface area contributed by atoms with E-state index in [1.54, 1.807) is 60.7 Å². The fourth-order valence-electron chi connectivity index (χ4n) is 2.51. The Bertz CT molecular complexity index is 1180. The lowest BCUT2D eigenvalue weighted by Gasteiger charge is -1.98. The van der Waals surface area contributed by atoms with Crippen LogP contribution in [-0.4, -0.2) is 39.8 Å². The molecule has 0 bridgehead atoms. The second-order valence-corrected chi connectivity index (χ2v) is 6.97. The van der Waals surface area contributed by atoms with Gasteiger partial charge in [-0.1, -0.05) is 92.6 Å². The molecule has 3 aliphatic rings. The number of hydrogen-bond acceptors (Lipinski definition) is 7. The summed E-state index contributed by atoms with van der Waals surface area (Å²) in [6.07, 6.45) is 17.2. The summed E-state index contributed by atoms with van der Waals surface area (Å²) in [4.78, 5) is 64.4. The Morgan fingerprint density at radius 1 is 0.514 bits per heavy atom. The Morgan fingerprint density at radius 3 is 1.00 bits per heavy atom. The van der Waals surface area contributed by atoms with Crippen LogP contribution >= 0.6 is 0 Å². The predicted molar refractivity (Wildman–Crippen MR) is 140 cm³/mol. The number of phenolic OH excluding ortho intramolecular Hbond substituents is 1. The van der Waals surface area contributed by atoms with Crippen LogP contribution in [0.2, 0.25) is 0 Å².